The lowest BCUT2D eigenvalue weighted by atomic mass is 10.1. The van der Waals surface area contributed by atoms with E-state index in [1.165, 1.54) is 31.4 Å². The summed E-state index contributed by atoms with van der Waals surface area (Å²) in [7, 11) is 2.15. The third kappa shape index (κ3) is 6.06. The number of unbranched alkanes of at least 4 members (excludes halogenated alkanes) is 2. The van der Waals surface area contributed by atoms with Crippen molar-refractivity contribution in [3.63, 3.8) is 0 Å². The summed E-state index contributed by atoms with van der Waals surface area (Å²) in [6.07, 6.45) is 5.31. The molecule has 0 spiro atoms. The van der Waals surface area contributed by atoms with Crippen LogP contribution in [0.25, 0.3) is 0 Å². The number of nitrogens with zero attached hydrogens (tertiary/aromatic N) is 1. The van der Waals surface area contributed by atoms with Crippen molar-refractivity contribution in [3.8, 4) is 0 Å². The summed E-state index contributed by atoms with van der Waals surface area (Å²) in [5.74, 6) is 0. The molecule has 0 radical (unpaired) electrons. The molecule has 0 saturated carbocycles. The molecule has 2 nitrogen and oxygen atoms in total. The summed E-state index contributed by atoms with van der Waals surface area (Å²) in [4.78, 5) is 2.30. The molecule has 1 aromatic rings. The van der Waals surface area contributed by atoms with E-state index in [9.17, 15) is 0 Å². The normalized spacial score (nSPS) is 12.4. The van der Waals surface area contributed by atoms with Crippen molar-refractivity contribution in [1.82, 2.24) is 5.32 Å². The van der Waals surface area contributed by atoms with Crippen LogP contribution in [0.1, 0.15) is 39.5 Å². The van der Waals surface area contributed by atoms with Gasteiger partial charge in [0.2, 0.25) is 0 Å². The largest absolute Gasteiger partial charge is 0.373 e. The number of hydrogen-bond acceptors (Lipinski definition) is 2. The number of nitrogens with one attached hydrogen (secondary N) is 1. The molecule has 18 heavy (non-hydrogen) atoms. The summed E-state index contributed by atoms with van der Waals surface area (Å²) in [6, 6.07) is 11.2. The Hall–Kier alpha value is -1.02. The highest BCUT2D eigenvalue weighted by Crippen LogP contribution is 2.10. The highest BCUT2D eigenvalue weighted by Gasteiger charge is 2.02. The minimum atomic E-state index is 0.640. The van der Waals surface area contributed by atoms with Gasteiger partial charge < -0.3 is 10.2 Å². The van der Waals surface area contributed by atoms with Gasteiger partial charge in [0, 0.05) is 31.9 Å². The number of likely N-dealkylation sites (N-methyl/N-ethyl adjacent to an activating group) is 1. The molecular formula is C16H28N2. The Morgan fingerprint density at radius 2 is 1.89 bits per heavy atom. The molecule has 0 heterocycles. The van der Waals surface area contributed by atoms with Crippen molar-refractivity contribution in [2.24, 2.45) is 0 Å². The van der Waals surface area contributed by atoms with Crippen LogP contribution in [0, 0.1) is 0 Å². The van der Waals surface area contributed by atoms with E-state index >= 15 is 0 Å². The van der Waals surface area contributed by atoms with Gasteiger partial charge in [0.05, 0.1) is 0 Å². The fourth-order valence-corrected chi connectivity index (χ4v) is 2.09. The van der Waals surface area contributed by atoms with Gasteiger partial charge in [-0.1, -0.05) is 44.4 Å². The molecule has 0 amide bonds. The first-order valence-corrected chi connectivity index (χ1v) is 7.23. The maximum absolute atomic E-state index is 3.60. The smallest absolute Gasteiger partial charge is 0.0364 e. The van der Waals surface area contributed by atoms with Crippen molar-refractivity contribution in [3.05, 3.63) is 30.3 Å². The zero-order chi connectivity index (χ0) is 13.2. The minimum absolute atomic E-state index is 0.640. The molecule has 2 heteroatoms. The third-order valence-corrected chi connectivity index (χ3v) is 3.38. The van der Waals surface area contributed by atoms with Gasteiger partial charge in [-0.05, 0) is 25.5 Å². The van der Waals surface area contributed by atoms with E-state index in [0.717, 1.165) is 13.1 Å². The Bertz CT molecular complexity index is 297. The van der Waals surface area contributed by atoms with Gasteiger partial charge in [-0.2, -0.15) is 0 Å². The van der Waals surface area contributed by atoms with Gasteiger partial charge in [-0.15, -0.1) is 0 Å². The lowest BCUT2D eigenvalue weighted by Crippen LogP contribution is -2.34. The first kappa shape index (κ1) is 15.0. The van der Waals surface area contributed by atoms with E-state index in [-0.39, 0.29) is 0 Å². The van der Waals surface area contributed by atoms with E-state index in [1.54, 1.807) is 0 Å². The summed E-state index contributed by atoms with van der Waals surface area (Å²) in [6.45, 7) is 6.66. The van der Waals surface area contributed by atoms with Crippen molar-refractivity contribution < 1.29 is 0 Å². The second-order valence-corrected chi connectivity index (χ2v) is 5.11. The SMILES string of the molecule is CCCCCC(C)NCCN(C)c1ccccc1. The van der Waals surface area contributed by atoms with Crippen LogP contribution in [0.15, 0.2) is 30.3 Å². The van der Waals surface area contributed by atoms with Crippen LogP contribution in [0.2, 0.25) is 0 Å². The van der Waals surface area contributed by atoms with E-state index in [0.29, 0.717) is 6.04 Å². The molecule has 1 rings (SSSR count). The first-order valence-electron chi connectivity index (χ1n) is 7.23. The van der Waals surface area contributed by atoms with Crippen LogP contribution < -0.4 is 10.2 Å². The molecule has 0 fully saturated rings. The Balaban J connectivity index is 2.13. The quantitative estimate of drug-likeness (QED) is 0.671. The minimum Gasteiger partial charge on any atom is -0.373 e. The fourth-order valence-electron chi connectivity index (χ4n) is 2.09. The van der Waals surface area contributed by atoms with Crippen molar-refractivity contribution >= 4 is 5.69 Å². The van der Waals surface area contributed by atoms with E-state index in [4.69, 9.17) is 0 Å². The van der Waals surface area contributed by atoms with Crippen LogP contribution in [-0.4, -0.2) is 26.2 Å². The molecule has 0 aromatic heterocycles. The molecule has 1 N–H and O–H groups in total. The molecule has 0 saturated heterocycles. The van der Waals surface area contributed by atoms with Gasteiger partial charge in [0.15, 0.2) is 0 Å². The molecule has 1 unspecified atom stereocenters. The summed E-state index contributed by atoms with van der Waals surface area (Å²) in [5.41, 5.74) is 1.29. The van der Waals surface area contributed by atoms with Crippen LogP contribution in [-0.2, 0) is 0 Å². The topological polar surface area (TPSA) is 15.3 Å². The highest BCUT2D eigenvalue weighted by atomic mass is 15.1. The standard InChI is InChI=1S/C16H28N2/c1-4-5-7-10-15(2)17-13-14-18(3)16-11-8-6-9-12-16/h6,8-9,11-12,15,17H,4-5,7,10,13-14H2,1-3H3. The van der Waals surface area contributed by atoms with Gasteiger partial charge in [0.25, 0.3) is 0 Å². The van der Waals surface area contributed by atoms with Gasteiger partial charge in [-0.3, -0.25) is 0 Å². The molecule has 1 atom stereocenters. The van der Waals surface area contributed by atoms with Crippen LogP contribution in [0.3, 0.4) is 0 Å². The van der Waals surface area contributed by atoms with Gasteiger partial charge >= 0.3 is 0 Å². The zero-order valence-corrected chi connectivity index (χ0v) is 12.2. The Kier molecular flexibility index (Phi) is 7.51. The Labute approximate surface area is 112 Å². The number of rotatable bonds is 9. The number of hydrogen-bond donors (Lipinski definition) is 1. The fraction of sp³-hybridized carbons (Fsp3) is 0.625. The third-order valence-electron chi connectivity index (χ3n) is 3.38. The molecule has 0 aliphatic carbocycles. The predicted octanol–water partition coefficient (Wildman–Crippen LogP) is 3.68. The van der Waals surface area contributed by atoms with Crippen molar-refractivity contribution in [2.75, 3.05) is 25.0 Å². The predicted molar refractivity (Wildman–Crippen MR) is 81.3 cm³/mol. The number of para-hydroxylation sites is 1. The van der Waals surface area contributed by atoms with E-state index in [1.807, 2.05) is 0 Å². The molecule has 0 bridgehead atoms. The van der Waals surface area contributed by atoms with E-state index < -0.39 is 0 Å². The maximum Gasteiger partial charge on any atom is 0.0364 e. The van der Waals surface area contributed by atoms with Crippen LogP contribution in [0.5, 0.6) is 0 Å². The summed E-state index contributed by atoms with van der Waals surface area (Å²) >= 11 is 0. The lowest BCUT2D eigenvalue weighted by molar-refractivity contribution is 0.491. The average Bonchev–Trinajstić information content (AvgIpc) is 2.40. The average molecular weight is 248 g/mol. The van der Waals surface area contributed by atoms with Crippen LogP contribution in [0.4, 0.5) is 5.69 Å². The number of anilines is 1. The van der Waals surface area contributed by atoms with Gasteiger partial charge in [0.1, 0.15) is 0 Å². The molecule has 0 aliphatic heterocycles. The van der Waals surface area contributed by atoms with Gasteiger partial charge in [-0.25, -0.2) is 0 Å². The monoisotopic (exact) mass is 248 g/mol. The van der Waals surface area contributed by atoms with Crippen molar-refractivity contribution in [2.45, 2.75) is 45.6 Å². The molecule has 0 aliphatic rings. The molecule has 1 aromatic carbocycles. The molecular weight excluding hydrogens is 220 g/mol. The van der Waals surface area contributed by atoms with E-state index in [2.05, 4.69) is 61.4 Å². The molecule has 102 valence electrons. The Morgan fingerprint density at radius 1 is 1.17 bits per heavy atom. The Morgan fingerprint density at radius 3 is 2.56 bits per heavy atom. The lowest BCUT2D eigenvalue weighted by Gasteiger charge is -2.21. The first-order chi connectivity index (χ1) is 8.74. The second-order valence-electron chi connectivity index (χ2n) is 5.11. The van der Waals surface area contributed by atoms with Crippen LogP contribution >= 0.6 is 0 Å². The zero-order valence-electron chi connectivity index (χ0n) is 12.2. The van der Waals surface area contributed by atoms with Crippen molar-refractivity contribution in [1.29, 1.82) is 0 Å². The number of benzene rings is 1. The highest BCUT2D eigenvalue weighted by molar-refractivity contribution is 5.44. The summed E-state index contributed by atoms with van der Waals surface area (Å²) in [5, 5.41) is 3.60. The summed E-state index contributed by atoms with van der Waals surface area (Å²) < 4.78 is 0. The maximum atomic E-state index is 3.60. The second kappa shape index (κ2) is 8.98.